The van der Waals surface area contributed by atoms with Crippen molar-refractivity contribution in [1.29, 1.82) is 0 Å². The van der Waals surface area contributed by atoms with Crippen LogP contribution in [0.5, 0.6) is 0 Å². The Hall–Kier alpha value is -2.73. The number of nitrogens with one attached hydrogen (secondary N) is 2. The summed E-state index contributed by atoms with van der Waals surface area (Å²) in [7, 11) is 0. The second kappa shape index (κ2) is 6.18. The largest absolute Gasteiger partial charge is 0.350 e. The van der Waals surface area contributed by atoms with Crippen LogP contribution in [-0.4, -0.2) is 17.1 Å². The lowest BCUT2D eigenvalue weighted by atomic mass is 10.2. The summed E-state index contributed by atoms with van der Waals surface area (Å²) in [5.41, 5.74) is 3.71. The first-order valence-corrected chi connectivity index (χ1v) is 6.97. The molecule has 4 nitrogen and oxygen atoms in total. The lowest BCUT2D eigenvalue weighted by Crippen LogP contribution is -2.17. The summed E-state index contributed by atoms with van der Waals surface area (Å²) < 4.78 is 25.8. The van der Waals surface area contributed by atoms with Gasteiger partial charge in [-0.05, 0) is 42.0 Å². The van der Waals surface area contributed by atoms with Crippen LogP contribution >= 0.6 is 11.6 Å². The van der Waals surface area contributed by atoms with Crippen molar-refractivity contribution in [1.82, 2.24) is 10.4 Å². The number of carbonyl (C=O) groups excluding carboxylic acids is 1. The minimum absolute atomic E-state index is 0.310. The van der Waals surface area contributed by atoms with E-state index in [0.717, 1.165) is 23.0 Å². The molecule has 0 fully saturated rings. The van der Waals surface area contributed by atoms with Gasteiger partial charge in [0.25, 0.3) is 5.91 Å². The fourth-order valence-corrected chi connectivity index (χ4v) is 2.22. The summed E-state index contributed by atoms with van der Waals surface area (Å²) >= 11 is 5.89. The Balaban J connectivity index is 1.72. The average Bonchev–Trinajstić information content (AvgIpc) is 2.94. The number of amides is 1. The molecule has 2 N–H and O–H groups in total. The Morgan fingerprint density at radius 1 is 1.13 bits per heavy atom. The van der Waals surface area contributed by atoms with Gasteiger partial charge in [0.2, 0.25) is 0 Å². The lowest BCUT2D eigenvalue weighted by Gasteiger charge is -1.97. The highest BCUT2D eigenvalue weighted by atomic mass is 35.5. The third-order valence-corrected chi connectivity index (χ3v) is 3.39. The Kier molecular flexibility index (Phi) is 4.08. The number of nitrogens with zero attached hydrogens (tertiary/aromatic N) is 1. The highest BCUT2D eigenvalue weighted by Gasteiger charge is 2.09. The molecular weight excluding hydrogens is 324 g/mol. The van der Waals surface area contributed by atoms with Gasteiger partial charge in [-0.25, -0.2) is 14.2 Å². The van der Waals surface area contributed by atoms with E-state index in [9.17, 15) is 13.6 Å². The molecule has 2 aromatic carbocycles. The van der Waals surface area contributed by atoms with Gasteiger partial charge < -0.3 is 4.98 Å². The summed E-state index contributed by atoms with van der Waals surface area (Å²) in [5, 5.41) is 5.08. The van der Waals surface area contributed by atoms with E-state index in [1.54, 1.807) is 24.3 Å². The number of aromatic amines is 1. The maximum atomic E-state index is 13.0. The number of H-pyrrole nitrogens is 1. The van der Waals surface area contributed by atoms with Gasteiger partial charge in [0.1, 0.15) is 5.69 Å². The minimum Gasteiger partial charge on any atom is -0.350 e. The van der Waals surface area contributed by atoms with Crippen LogP contribution in [0.2, 0.25) is 5.02 Å². The Labute approximate surface area is 134 Å². The number of hydrazone groups is 1. The average molecular weight is 334 g/mol. The highest BCUT2D eigenvalue weighted by Crippen LogP contribution is 2.20. The van der Waals surface area contributed by atoms with Gasteiger partial charge in [-0.15, -0.1) is 0 Å². The van der Waals surface area contributed by atoms with Crippen LogP contribution in [0.4, 0.5) is 8.78 Å². The molecule has 1 aromatic heterocycles. The fraction of sp³-hybridized carbons (Fsp3) is 0. The van der Waals surface area contributed by atoms with E-state index in [0.29, 0.717) is 16.3 Å². The van der Waals surface area contributed by atoms with Gasteiger partial charge >= 0.3 is 0 Å². The van der Waals surface area contributed by atoms with Gasteiger partial charge in [-0.1, -0.05) is 17.7 Å². The maximum absolute atomic E-state index is 13.0. The predicted octanol–water partition coefficient (Wildman–Crippen LogP) is 3.86. The molecule has 0 aliphatic carbocycles. The molecule has 0 spiro atoms. The van der Waals surface area contributed by atoms with E-state index < -0.39 is 17.5 Å². The first-order chi connectivity index (χ1) is 11.0. The van der Waals surface area contributed by atoms with Gasteiger partial charge in [-0.2, -0.15) is 5.10 Å². The summed E-state index contributed by atoms with van der Waals surface area (Å²) in [5.74, 6) is -2.38. The summed E-state index contributed by atoms with van der Waals surface area (Å²) in [4.78, 5) is 14.9. The number of rotatable bonds is 3. The van der Waals surface area contributed by atoms with Gasteiger partial charge in [0.15, 0.2) is 11.6 Å². The number of fused-ring (bicyclic) bond motifs is 1. The van der Waals surface area contributed by atoms with Crippen molar-refractivity contribution < 1.29 is 13.6 Å². The lowest BCUT2D eigenvalue weighted by molar-refractivity contribution is 0.0951. The predicted molar refractivity (Wildman–Crippen MR) is 84.7 cm³/mol. The van der Waals surface area contributed by atoms with E-state index in [4.69, 9.17) is 11.6 Å². The third kappa shape index (κ3) is 3.37. The van der Waals surface area contributed by atoms with E-state index >= 15 is 0 Å². The molecule has 0 saturated heterocycles. The normalized spacial score (nSPS) is 11.3. The quantitative estimate of drug-likeness (QED) is 0.555. The number of hydrogen-bond acceptors (Lipinski definition) is 2. The molecule has 0 aliphatic rings. The number of benzene rings is 2. The molecule has 0 radical (unpaired) electrons. The molecule has 0 aliphatic heterocycles. The van der Waals surface area contributed by atoms with Crippen LogP contribution in [0.15, 0.2) is 47.6 Å². The van der Waals surface area contributed by atoms with Crippen LogP contribution in [0.1, 0.15) is 16.1 Å². The molecular formula is C16H10ClF2N3O. The highest BCUT2D eigenvalue weighted by molar-refractivity contribution is 6.31. The van der Waals surface area contributed by atoms with Crippen molar-refractivity contribution in [2.75, 3.05) is 0 Å². The van der Waals surface area contributed by atoms with Crippen LogP contribution in [0.3, 0.4) is 0 Å². The van der Waals surface area contributed by atoms with E-state index in [1.807, 2.05) is 0 Å². The molecule has 0 bridgehead atoms. The molecule has 23 heavy (non-hydrogen) atoms. The van der Waals surface area contributed by atoms with Gasteiger partial charge in [-0.3, -0.25) is 4.79 Å². The van der Waals surface area contributed by atoms with E-state index in [-0.39, 0.29) is 0 Å². The molecule has 0 atom stereocenters. The monoisotopic (exact) mass is 333 g/mol. The number of hydrogen-bond donors (Lipinski definition) is 2. The molecule has 3 rings (SSSR count). The zero-order chi connectivity index (χ0) is 16.4. The number of halogens is 3. The van der Waals surface area contributed by atoms with Gasteiger partial charge in [0.05, 0.1) is 6.21 Å². The number of aromatic nitrogens is 1. The standard InChI is InChI=1S/C16H10ClF2N3O/c17-11-2-4-14-10(6-11)7-15(21-14)16(23)22-20-8-9-1-3-12(18)13(19)5-9/h1-8,21H,(H,22,23). The Morgan fingerprint density at radius 2 is 1.96 bits per heavy atom. The fourth-order valence-electron chi connectivity index (χ4n) is 2.04. The first kappa shape index (κ1) is 15.2. The van der Waals surface area contributed by atoms with Crippen molar-refractivity contribution in [3.05, 3.63) is 70.4 Å². The van der Waals surface area contributed by atoms with Crippen molar-refractivity contribution >= 4 is 34.6 Å². The minimum atomic E-state index is -0.979. The molecule has 1 heterocycles. The zero-order valence-electron chi connectivity index (χ0n) is 11.6. The second-order valence-corrected chi connectivity index (χ2v) is 5.22. The Morgan fingerprint density at radius 3 is 2.74 bits per heavy atom. The van der Waals surface area contributed by atoms with Crippen LogP contribution in [0.25, 0.3) is 10.9 Å². The SMILES string of the molecule is O=C(NN=Cc1ccc(F)c(F)c1)c1cc2cc(Cl)ccc2[nH]1. The molecule has 7 heteroatoms. The summed E-state index contributed by atoms with van der Waals surface area (Å²) in [6.07, 6.45) is 1.22. The smallest absolute Gasteiger partial charge is 0.287 e. The van der Waals surface area contributed by atoms with Crippen LogP contribution in [-0.2, 0) is 0 Å². The van der Waals surface area contributed by atoms with Crippen LogP contribution in [0, 0.1) is 11.6 Å². The maximum Gasteiger partial charge on any atom is 0.287 e. The summed E-state index contributed by atoms with van der Waals surface area (Å²) in [6.45, 7) is 0. The topological polar surface area (TPSA) is 57.2 Å². The number of carbonyl (C=O) groups is 1. The van der Waals surface area contributed by atoms with Crippen LogP contribution < -0.4 is 5.43 Å². The van der Waals surface area contributed by atoms with E-state index in [2.05, 4.69) is 15.5 Å². The Bertz CT molecular complexity index is 921. The summed E-state index contributed by atoms with van der Waals surface area (Å²) in [6, 6.07) is 10.2. The molecule has 1 amide bonds. The molecule has 3 aromatic rings. The third-order valence-electron chi connectivity index (χ3n) is 3.15. The van der Waals surface area contributed by atoms with Crippen molar-refractivity contribution in [2.24, 2.45) is 5.10 Å². The van der Waals surface area contributed by atoms with Gasteiger partial charge in [0, 0.05) is 15.9 Å². The first-order valence-electron chi connectivity index (χ1n) is 6.59. The van der Waals surface area contributed by atoms with Crippen molar-refractivity contribution in [2.45, 2.75) is 0 Å². The van der Waals surface area contributed by atoms with E-state index in [1.165, 1.54) is 12.3 Å². The van der Waals surface area contributed by atoms with Crippen molar-refractivity contribution in [3.63, 3.8) is 0 Å². The molecule has 0 saturated carbocycles. The van der Waals surface area contributed by atoms with Crippen molar-refractivity contribution in [3.8, 4) is 0 Å². The second-order valence-electron chi connectivity index (χ2n) is 4.79. The molecule has 0 unspecified atom stereocenters. The molecule has 116 valence electrons. The zero-order valence-corrected chi connectivity index (χ0v) is 12.4.